The van der Waals surface area contributed by atoms with Crippen molar-refractivity contribution in [2.75, 3.05) is 7.11 Å². The molecule has 0 aliphatic heterocycles. The van der Waals surface area contributed by atoms with Gasteiger partial charge in [0.15, 0.2) is 11.6 Å². The zero-order chi connectivity index (χ0) is 12.3. The van der Waals surface area contributed by atoms with Crippen LogP contribution in [0.15, 0.2) is 0 Å². The van der Waals surface area contributed by atoms with Gasteiger partial charge in [0, 0.05) is 7.11 Å². The predicted octanol–water partition coefficient (Wildman–Crippen LogP) is 3.51. The first kappa shape index (κ1) is 13.0. The number of hydrogen-bond acceptors (Lipinski definition) is 1. The van der Waals surface area contributed by atoms with Crippen molar-refractivity contribution in [1.29, 1.82) is 0 Å². The summed E-state index contributed by atoms with van der Waals surface area (Å²) in [4.78, 5) is 0. The minimum Gasteiger partial charge on any atom is -0.380 e. The van der Waals surface area contributed by atoms with Crippen LogP contribution in [0, 0.1) is 24.4 Å². The Bertz CT molecular complexity index is 355. The average molecular weight is 232 g/mol. The van der Waals surface area contributed by atoms with E-state index in [0.717, 1.165) is 0 Å². The zero-order valence-corrected chi connectivity index (χ0v) is 9.66. The van der Waals surface area contributed by atoms with Crippen molar-refractivity contribution in [1.82, 2.24) is 0 Å². The Kier molecular flexibility index (Phi) is 4.35. The molecule has 0 spiro atoms. The molecule has 16 heavy (non-hydrogen) atoms. The van der Waals surface area contributed by atoms with Crippen molar-refractivity contribution < 1.29 is 17.9 Å². The molecule has 0 aromatic heterocycles. The molecule has 0 aliphatic rings. The summed E-state index contributed by atoms with van der Waals surface area (Å²) >= 11 is 0. The van der Waals surface area contributed by atoms with E-state index in [4.69, 9.17) is 0 Å². The maximum atomic E-state index is 13.9. The highest BCUT2D eigenvalue weighted by atomic mass is 19.2. The SMILES string of the molecule is CCCc1c(C)c(F)c(F)c(COC)c1F. The van der Waals surface area contributed by atoms with Crippen molar-refractivity contribution in [3.63, 3.8) is 0 Å². The first-order valence-corrected chi connectivity index (χ1v) is 5.18. The molecule has 1 nitrogen and oxygen atoms in total. The van der Waals surface area contributed by atoms with E-state index in [-0.39, 0.29) is 23.3 Å². The first-order valence-electron chi connectivity index (χ1n) is 5.18. The van der Waals surface area contributed by atoms with E-state index in [1.807, 2.05) is 6.92 Å². The van der Waals surface area contributed by atoms with Gasteiger partial charge >= 0.3 is 0 Å². The lowest BCUT2D eigenvalue weighted by molar-refractivity contribution is 0.176. The zero-order valence-electron chi connectivity index (χ0n) is 9.66. The first-order chi connectivity index (χ1) is 7.54. The second-order valence-electron chi connectivity index (χ2n) is 3.71. The van der Waals surface area contributed by atoms with Gasteiger partial charge in [-0.1, -0.05) is 13.3 Å². The van der Waals surface area contributed by atoms with Gasteiger partial charge < -0.3 is 4.74 Å². The minimum absolute atomic E-state index is 0.0525. The third-order valence-electron chi connectivity index (χ3n) is 2.56. The third-order valence-corrected chi connectivity index (χ3v) is 2.56. The van der Waals surface area contributed by atoms with E-state index < -0.39 is 17.5 Å². The van der Waals surface area contributed by atoms with Crippen LogP contribution in [0.3, 0.4) is 0 Å². The third kappa shape index (κ3) is 2.21. The Morgan fingerprint density at radius 2 is 1.62 bits per heavy atom. The summed E-state index contributed by atoms with van der Waals surface area (Å²) in [5.74, 6) is -2.80. The lowest BCUT2D eigenvalue weighted by atomic mass is 9.99. The number of hydrogen-bond donors (Lipinski definition) is 0. The van der Waals surface area contributed by atoms with Crippen LogP contribution >= 0.6 is 0 Å². The number of rotatable bonds is 4. The van der Waals surface area contributed by atoms with Crippen LogP contribution in [0.25, 0.3) is 0 Å². The molecule has 0 radical (unpaired) electrons. The summed E-state index contributed by atoms with van der Waals surface area (Å²) in [6.07, 6.45) is 1.07. The maximum absolute atomic E-state index is 13.9. The molecule has 90 valence electrons. The van der Waals surface area contributed by atoms with Crippen molar-refractivity contribution in [2.24, 2.45) is 0 Å². The molecule has 0 saturated heterocycles. The molecule has 0 fully saturated rings. The molecule has 0 saturated carbocycles. The topological polar surface area (TPSA) is 9.23 Å². The van der Waals surface area contributed by atoms with Gasteiger partial charge in [-0.3, -0.25) is 0 Å². The fraction of sp³-hybridized carbons (Fsp3) is 0.500. The summed E-state index contributed by atoms with van der Waals surface area (Å²) in [6, 6.07) is 0. The van der Waals surface area contributed by atoms with E-state index in [1.165, 1.54) is 14.0 Å². The molecule has 0 atom stereocenters. The van der Waals surface area contributed by atoms with Gasteiger partial charge in [-0.25, -0.2) is 13.2 Å². The number of benzene rings is 1. The lowest BCUT2D eigenvalue weighted by Crippen LogP contribution is -2.08. The second-order valence-corrected chi connectivity index (χ2v) is 3.71. The van der Waals surface area contributed by atoms with Gasteiger partial charge in [0.05, 0.1) is 12.2 Å². The molecule has 0 amide bonds. The monoisotopic (exact) mass is 232 g/mol. The molecule has 0 N–H and O–H groups in total. The molecule has 0 unspecified atom stereocenters. The molecular weight excluding hydrogens is 217 g/mol. The highest BCUT2D eigenvalue weighted by molar-refractivity contribution is 5.35. The standard InChI is InChI=1S/C12H15F3O/c1-4-5-8-7(2)10(13)12(15)9(6-16-3)11(8)14/h4-6H2,1-3H3. The molecule has 0 heterocycles. The Balaban J connectivity index is 3.39. The quantitative estimate of drug-likeness (QED) is 0.722. The van der Waals surface area contributed by atoms with Gasteiger partial charge in [0.25, 0.3) is 0 Å². The van der Waals surface area contributed by atoms with Crippen LogP contribution in [0.5, 0.6) is 0 Å². The molecule has 4 heteroatoms. The molecule has 0 bridgehead atoms. The fourth-order valence-electron chi connectivity index (χ4n) is 1.69. The van der Waals surface area contributed by atoms with Crippen molar-refractivity contribution in [3.8, 4) is 0 Å². The maximum Gasteiger partial charge on any atom is 0.167 e. The number of halogens is 3. The summed E-state index contributed by atoms with van der Waals surface area (Å²) in [5.41, 5.74) is -0.0285. The highest BCUT2D eigenvalue weighted by Gasteiger charge is 2.21. The summed E-state index contributed by atoms with van der Waals surface area (Å²) < 4.78 is 45.4. The average Bonchev–Trinajstić information content (AvgIpc) is 2.28. The Hall–Kier alpha value is -1.03. The molecule has 1 aromatic carbocycles. The molecule has 1 aromatic rings. The van der Waals surface area contributed by atoms with E-state index in [2.05, 4.69) is 4.74 Å². The summed E-state index contributed by atoms with van der Waals surface area (Å²) in [5, 5.41) is 0. The highest BCUT2D eigenvalue weighted by Crippen LogP contribution is 2.26. The smallest absolute Gasteiger partial charge is 0.167 e. The van der Waals surface area contributed by atoms with Gasteiger partial charge in [-0.15, -0.1) is 0 Å². The van der Waals surface area contributed by atoms with Crippen LogP contribution in [-0.4, -0.2) is 7.11 Å². The van der Waals surface area contributed by atoms with E-state index >= 15 is 0 Å². The van der Waals surface area contributed by atoms with Crippen molar-refractivity contribution >= 4 is 0 Å². The molecule has 1 rings (SSSR count). The fourth-order valence-corrected chi connectivity index (χ4v) is 1.69. The van der Waals surface area contributed by atoms with Crippen molar-refractivity contribution in [2.45, 2.75) is 33.3 Å². The lowest BCUT2D eigenvalue weighted by Gasteiger charge is -2.13. The normalized spacial score (nSPS) is 10.9. The Morgan fingerprint density at radius 3 is 2.12 bits per heavy atom. The largest absolute Gasteiger partial charge is 0.380 e. The van der Waals surface area contributed by atoms with Crippen molar-refractivity contribution in [3.05, 3.63) is 34.1 Å². The van der Waals surface area contributed by atoms with Gasteiger partial charge in [-0.05, 0) is 24.5 Å². The van der Waals surface area contributed by atoms with Crippen LogP contribution in [0.2, 0.25) is 0 Å². The Labute approximate surface area is 93.2 Å². The van der Waals surface area contributed by atoms with Gasteiger partial charge in [0.2, 0.25) is 0 Å². The van der Waals surface area contributed by atoms with Gasteiger partial charge in [0.1, 0.15) is 5.82 Å². The predicted molar refractivity (Wildman–Crippen MR) is 55.8 cm³/mol. The van der Waals surface area contributed by atoms with Crippen LogP contribution in [-0.2, 0) is 17.8 Å². The van der Waals surface area contributed by atoms with E-state index in [1.54, 1.807) is 0 Å². The second kappa shape index (κ2) is 5.34. The van der Waals surface area contributed by atoms with Crippen LogP contribution in [0.4, 0.5) is 13.2 Å². The summed E-state index contributed by atoms with van der Waals surface area (Å²) in [6.45, 7) is 2.99. The molecular formula is C12H15F3O. The summed E-state index contributed by atoms with van der Waals surface area (Å²) in [7, 11) is 1.32. The molecule has 0 aliphatic carbocycles. The van der Waals surface area contributed by atoms with Crippen LogP contribution < -0.4 is 0 Å². The van der Waals surface area contributed by atoms with Crippen LogP contribution in [0.1, 0.15) is 30.0 Å². The van der Waals surface area contributed by atoms with Gasteiger partial charge in [-0.2, -0.15) is 0 Å². The van der Waals surface area contributed by atoms with E-state index in [0.29, 0.717) is 12.8 Å². The Morgan fingerprint density at radius 1 is 1.00 bits per heavy atom. The number of methoxy groups -OCH3 is 1. The minimum atomic E-state index is -1.14. The number of ether oxygens (including phenoxy) is 1. The van der Waals surface area contributed by atoms with E-state index in [9.17, 15) is 13.2 Å².